The van der Waals surface area contributed by atoms with E-state index in [1.54, 1.807) is 36.4 Å². The number of nitrogens with one attached hydrogen (secondary N) is 2. The third-order valence-electron chi connectivity index (χ3n) is 8.57. The van der Waals surface area contributed by atoms with Gasteiger partial charge in [-0.05, 0) is 23.9 Å². The molecule has 4 N–H and O–H groups in total. The number of carbonyl (C=O) groups is 1. The molecule has 1 aromatic carbocycles. The molecule has 1 amide bonds. The van der Waals surface area contributed by atoms with Crippen molar-refractivity contribution in [2.75, 3.05) is 31.7 Å². The van der Waals surface area contributed by atoms with E-state index >= 15 is 8.78 Å². The van der Waals surface area contributed by atoms with Crippen LogP contribution < -0.4 is 16.6 Å². The van der Waals surface area contributed by atoms with Crippen LogP contribution in [0.2, 0.25) is 0 Å². The molecule has 22 nitrogen and oxygen atoms in total. The van der Waals surface area contributed by atoms with Crippen molar-refractivity contribution in [1.29, 1.82) is 10.5 Å². The Balaban J connectivity index is 1.27. The molecule has 0 saturated carbocycles. The average molecular weight is 884 g/mol. The lowest BCUT2D eigenvalue weighted by atomic mass is 10.1. The molecule has 0 bridgehead atoms. The van der Waals surface area contributed by atoms with Crippen molar-refractivity contribution in [2.45, 2.75) is 62.1 Å². The van der Waals surface area contributed by atoms with Gasteiger partial charge in [-0.1, -0.05) is 18.2 Å². The Labute approximate surface area is 336 Å². The number of nitrogens with zero attached hydrogens (tertiary/aromatic N) is 7. The molecule has 2 fully saturated rings. The molecule has 5 heterocycles. The Morgan fingerprint density at radius 2 is 1.61 bits per heavy atom. The quantitative estimate of drug-likeness (QED) is 0.0821. The fourth-order valence-electron chi connectivity index (χ4n) is 5.90. The monoisotopic (exact) mass is 883 g/mol. The van der Waals surface area contributed by atoms with E-state index in [9.17, 15) is 28.9 Å². The molecule has 0 radical (unpaired) electrons. The first-order valence-corrected chi connectivity index (χ1v) is 21.4. The van der Waals surface area contributed by atoms with Gasteiger partial charge in [0.1, 0.15) is 30.7 Å². The summed E-state index contributed by atoms with van der Waals surface area (Å²) in [5, 5.41) is 30.6. The average Bonchev–Trinajstić information content (AvgIpc) is 3.87. The molecule has 2 aliphatic rings. The fourth-order valence-corrected chi connectivity index (χ4v) is 8.94. The predicted octanol–water partition coefficient (Wildman–Crippen LogP) is 2.06. The highest BCUT2D eigenvalue weighted by Crippen LogP contribution is 2.55. The summed E-state index contributed by atoms with van der Waals surface area (Å²) in [5.74, 6) is -0.580. The zero-order valence-corrected chi connectivity index (χ0v) is 32.7. The van der Waals surface area contributed by atoms with Gasteiger partial charge in [-0.25, -0.2) is 33.1 Å². The lowest BCUT2D eigenvalue weighted by Gasteiger charge is -2.29. The van der Waals surface area contributed by atoms with Gasteiger partial charge in [-0.15, -0.1) is 0 Å². The van der Waals surface area contributed by atoms with Gasteiger partial charge in [0.25, 0.3) is 11.5 Å². The number of aromatic nitrogens is 6. The molecule has 27 heteroatoms. The Morgan fingerprint density at radius 1 is 0.949 bits per heavy atom. The highest BCUT2D eigenvalue weighted by molar-refractivity contribution is 8.07. The number of hydrogen-bond acceptors (Lipinski definition) is 18. The van der Waals surface area contributed by atoms with E-state index < -0.39 is 107 Å². The molecule has 2 saturated heterocycles. The standard InChI is InChI=1S/C32H33F2N9O13P2S/c33-22-25(19(14-44)53-30(22)42-11-8-21(45)40-32(42)47)56-58(59,51-13-5-10-36)52-15-20-26(55-57(48,49)50-12-4-9-35)23(34)31(54-20)43-17-39-24-27(37-16-38-28(24)43)41-29(46)18-6-2-1-3-7-18/h1-3,6-8,11,16-17,19-20,22-23,25-26,30-31,44H,4-5,12-15H2,(H,48,49)(H,40,45,47)(H,37,38,41,46)/t19-,20-,22+,23?,25+,26?,30-,31-,58?/m1/s1. The van der Waals surface area contributed by atoms with Crippen LogP contribution in [-0.2, 0) is 48.5 Å². The first-order valence-electron chi connectivity index (χ1n) is 17.3. The maximum Gasteiger partial charge on any atom is 0.472 e. The number of phosphoric acid groups is 1. The van der Waals surface area contributed by atoms with Gasteiger partial charge in [0, 0.05) is 17.8 Å². The van der Waals surface area contributed by atoms with Gasteiger partial charge < -0.3 is 33.8 Å². The Kier molecular flexibility index (Phi) is 14.2. The summed E-state index contributed by atoms with van der Waals surface area (Å²) in [7, 11) is -5.11. The topological polar surface area (TPSA) is 297 Å². The second-order valence-electron chi connectivity index (χ2n) is 12.4. The Morgan fingerprint density at radius 3 is 2.29 bits per heavy atom. The van der Waals surface area contributed by atoms with E-state index in [2.05, 4.69) is 20.3 Å². The Bertz CT molecular complexity index is 2430. The minimum absolute atomic E-state index is 0.00707. The van der Waals surface area contributed by atoms with Crippen LogP contribution in [0.1, 0.15) is 35.7 Å². The molecule has 59 heavy (non-hydrogen) atoms. The molecule has 6 rings (SSSR count). The number of phosphoric ester groups is 1. The molecule has 4 unspecified atom stereocenters. The molecule has 4 aromatic rings. The van der Waals surface area contributed by atoms with Crippen LogP contribution in [0.15, 0.2) is 64.8 Å². The van der Waals surface area contributed by atoms with Gasteiger partial charge in [0.15, 0.2) is 41.8 Å². The number of carbonyl (C=O) groups excluding carboxylic acids is 1. The number of benzene rings is 1. The first kappa shape index (κ1) is 43.8. The maximum absolute atomic E-state index is 16.6. The van der Waals surface area contributed by atoms with E-state index in [0.717, 1.165) is 29.5 Å². The molecular weight excluding hydrogens is 850 g/mol. The van der Waals surface area contributed by atoms with Crippen molar-refractivity contribution in [1.82, 2.24) is 29.1 Å². The van der Waals surface area contributed by atoms with Gasteiger partial charge in [-0.2, -0.15) is 10.5 Å². The molecule has 10 atom stereocenters. The lowest BCUT2D eigenvalue weighted by Crippen LogP contribution is -2.37. The van der Waals surface area contributed by atoms with Gasteiger partial charge in [-0.3, -0.25) is 37.3 Å². The van der Waals surface area contributed by atoms with Crippen molar-refractivity contribution in [2.24, 2.45) is 0 Å². The number of anilines is 1. The number of aliphatic hydroxyl groups excluding tert-OH is 1. The van der Waals surface area contributed by atoms with Crippen LogP contribution in [0.3, 0.4) is 0 Å². The van der Waals surface area contributed by atoms with Crippen molar-refractivity contribution in [3.8, 4) is 12.1 Å². The number of H-pyrrole nitrogens is 1. The van der Waals surface area contributed by atoms with Crippen molar-refractivity contribution in [3.63, 3.8) is 0 Å². The number of fused-ring (bicyclic) bond motifs is 1. The molecule has 3 aromatic heterocycles. The summed E-state index contributed by atoms with van der Waals surface area (Å²) in [6.45, 7) is -6.99. The van der Waals surface area contributed by atoms with Crippen molar-refractivity contribution >= 4 is 49.2 Å². The smallest absolute Gasteiger partial charge is 0.394 e. The van der Waals surface area contributed by atoms with Crippen LogP contribution in [0.25, 0.3) is 11.2 Å². The van der Waals surface area contributed by atoms with E-state index in [4.69, 9.17) is 54.4 Å². The van der Waals surface area contributed by atoms with Crippen LogP contribution >= 0.6 is 14.5 Å². The SMILES string of the molecule is N#CCCOP(=O)(O)OC1C(F)[C@H](n2cnc3c(NC(=O)c4ccccc4)ncnc32)O[C@@H]1COP(=S)(OCCC#N)O[C@@H]1[C@H](F)[C@H](n2ccc(=O)[nH]c2=O)O[C@@H]1CO. The third kappa shape index (κ3) is 10.2. The van der Waals surface area contributed by atoms with Crippen LogP contribution in [-0.4, -0.2) is 108 Å². The molecule has 0 spiro atoms. The van der Waals surface area contributed by atoms with Gasteiger partial charge in [0.2, 0.25) is 0 Å². The number of aromatic amines is 1. The van der Waals surface area contributed by atoms with Crippen LogP contribution in [0, 0.1) is 22.7 Å². The zero-order chi connectivity index (χ0) is 42.3. The number of halogens is 2. The summed E-state index contributed by atoms with van der Waals surface area (Å²) in [4.78, 5) is 61.8. The van der Waals surface area contributed by atoms with Gasteiger partial charge in [0.05, 0.1) is 57.7 Å². The molecule has 2 aliphatic heterocycles. The number of rotatable bonds is 18. The number of hydrogen-bond donors (Lipinski definition) is 4. The summed E-state index contributed by atoms with van der Waals surface area (Å²) >= 11 is 5.54. The highest BCUT2D eigenvalue weighted by Gasteiger charge is 2.53. The zero-order valence-electron chi connectivity index (χ0n) is 30.1. The number of alkyl halides is 2. The van der Waals surface area contributed by atoms with E-state index in [-0.39, 0.29) is 29.8 Å². The predicted molar refractivity (Wildman–Crippen MR) is 198 cm³/mol. The number of imidazole rings is 1. The summed E-state index contributed by atoms with van der Waals surface area (Å²) in [6, 6.07) is 12.6. The molecular formula is C32H33F2N9O13P2S. The minimum Gasteiger partial charge on any atom is -0.394 e. The first-order chi connectivity index (χ1) is 28.3. The third-order valence-corrected chi connectivity index (χ3v) is 11.9. The molecule has 0 aliphatic carbocycles. The van der Waals surface area contributed by atoms with Crippen LogP contribution in [0.4, 0.5) is 14.6 Å². The number of nitriles is 2. The van der Waals surface area contributed by atoms with E-state index in [0.29, 0.717) is 10.1 Å². The maximum atomic E-state index is 16.6. The van der Waals surface area contributed by atoms with E-state index in [1.165, 1.54) is 0 Å². The minimum atomic E-state index is -5.11. The second-order valence-corrected chi connectivity index (χ2v) is 16.8. The lowest BCUT2D eigenvalue weighted by molar-refractivity contribution is -0.0550. The van der Waals surface area contributed by atoms with Gasteiger partial charge >= 0.3 is 20.2 Å². The summed E-state index contributed by atoms with van der Waals surface area (Å²) in [6.07, 6.45) is -12.4. The van der Waals surface area contributed by atoms with Crippen LogP contribution in [0.5, 0.6) is 0 Å². The number of amides is 1. The summed E-state index contributed by atoms with van der Waals surface area (Å²) < 4.78 is 86.1. The van der Waals surface area contributed by atoms with E-state index in [1.807, 2.05) is 11.1 Å². The Hall–Kier alpha value is -4.72. The highest BCUT2D eigenvalue weighted by atomic mass is 32.5. The fraction of sp³-hybridized carbons (Fsp3) is 0.438. The molecule has 314 valence electrons. The number of ether oxygens (including phenoxy) is 2. The summed E-state index contributed by atoms with van der Waals surface area (Å²) in [5.41, 5.74) is -1.55. The largest absolute Gasteiger partial charge is 0.472 e. The second kappa shape index (κ2) is 19.1. The normalized spacial score (nSPS) is 26.1. The van der Waals surface area contributed by atoms with Crippen molar-refractivity contribution in [3.05, 3.63) is 81.7 Å². The number of aliphatic hydroxyl groups is 1. The van der Waals surface area contributed by atoms with Crippen molar-refractivity contribution < 1.29 is 60.2 Å².